The van der Waals surface area contributed by atoms with Crippen molar-refractivity contribution in [2.24, 2.45) is 5.92 Å². The van der Waals surface area contributed by atoms with Crippen LogP contribution in [0.1, 0.15) is 43.8 Å². The van der Waals surface area contributed by atoms with E-state index in [1.54, 1.807) is 0 Å². The molecule has 1 saturated carbocycles. The van der Waals surface area contributed by atoms with Gasteiger partial charge in [-0.05, 0) is 30.5 Å². The molecule has 1 aliphatic rings. The molecule has 2 rings (SSSR count). The summed E-state index contributed by atoms with van der Waals surface area (Å²) in [5.74, 6) is -0.211. The zero-order valence-corrected chi connectivity index (χ0v) is 10.9. The first-order valence-corrected chi connectivity index (χ1v) is 6.88. The van der Waals surface area contributed by atoms with Gasteiger partial charge in [-0.3, -0.25) is 4.79 Å². The molecule has 1 fully saturated rings. The van der Waals surface area contributed by atoms with E-state index in [4.69, 9.17) is 0 Å². The number of hydrogen-bond acceptors (Lipinski definition) is 2. The Bertz CT molecular complexity index is 413. The fourth-order valence-corrected chi connectivity index (χ4v) is 2.51. The van der Waals surface area contributed by atoms with Gasteiger partial charge in [-0.15, -0.1) is 0 Å². The number of benzene rings is 1. The molecule has 1 amide bonds. The van der Waals surface area contributed by atoms with Crippen LogP contribution in [0.4, 0.5) is 4.39 Å². The van der Waals surface area contributed by atoms with Gasteiger partial charge in [0, 0.05) is 12.5 Å². The van der Waals surface area contributed by atoms with E-state index >= 15 is 0 Å². The molecule has 0 aliphatic heterocycles. The third-order valence-electron chi connectivity index (χ3n) is 3.70. The Kier molecular flexibility index (Phi) is 4.91. The van der Waals surface area contributed by atoms with Crippen molar-refractivity contribution in [2.75, 3.05) is 6.54 Å². The van der Waals surface area contributed by atoms with E-state index in [0.717, 1.165) is 25.7 Å². The van der Waals surface area contributed by atoms with Crippen LogP contribution in [-0.2, 0) is 4.79 Å². The summed E-state index contributed by atoms with van der Waals surface area (Å²) in [6, 6.07) is 5.68. The van der Waals surface area contributed by atoms with E-state index < -0.39 is 6.10 Å². The van der Waals surface area contributed by atoms with Gasteiger partial charge in [0.1, 0.15) is 5.82 Å². The van der Waals surface area contributed by atoms with Crippen LogP contribution in [0.2, 0.25) is 0 Å². The number of halogens is 1. The number of amides is 1. The standard InChI is InChI=1S/C15H20FNO2/c16-13-8-6-11(7-9-13)14(18)10-17-15(19)12-4-2-1-3-5-12/h6-9,12,14,18H,1-5,10H2,(H,17,19). The van der Waals surface area contributed by atoms with Crippen molar-refractivity contribution < 1.29 is 14.3 Å². The molecule has 4 heteroatoms. The predicted octanol–water partition coefficient (Wildman–Crippen LogP) is 2.56. The second-order valence-corrected chi connectivity index (χ2v) is 5.15. The topological polar surface area (TPSA) is 49.3 Å². The SMILES string of the molecule is O=C(NCC(O)c1ccc(F)cc1)C1CCCCC1. The minimum Gasteiger partial charge on any atom is -0.387 e. The summed E-state index contributed by atoms with van der Waals surface area (Å²) in [6.07, 6.45) is 4.53. The molecule has 1 atom stereocenters. The molecule has 19 heavy (non-hydrogen) atoms. The van der Waals surface area contributed by atoms with Crippen molar-refractivity contribution in [1.29, 1.82) is 0 Å². The monoisotopic (exact) mass is 265 g/mol. The number of aliphatic hydroxyl groups is 1. The predicted molar refractivity (Wildman–Crippen MR) is 70.9 cm³/mol. The van der Waals surface area contributed by atoms with Crippen LogP contribution in [0, 0.1) is 11.7 Å². The van der Waals surface area contributed by atoms with Crippen molar-refractivity contribution in [3.63, 3.8) is 0 Å². The molecule has 104 valence electrons. The van der Waals surface area contributed by atoms with Gasteiger partial charge in [0.05, 0.1) is 6.10 Å². The fourth-order valence-electron chi connectivity index (χ4n) is 2.51. The number of carbonyl (C=O) groups is 1. The van der Waals surface area contributed by atoms with E-state index in [1.807, 2.05) is 0 Å². The average molecular weight is 265 g/mol. The minimum absolute atomic E-state index is 0.0286. The summed E-state index contributed by atoms with van der Waals surface area (Å²) >= 11 is 0. The number of rotatable bonds is 4. The van der Waals surface area contributed by atoms with Crippen molar-refractivity contribution in [1.82, 2.24) is 5.32 Å². The zero-order chi connectivity index (χ0) is 13.7. The number of nitrogens with one attached hydrogen (secondary N) is 1. The Morgan fingerprint density at radius 2 is 1.89 bits per heavy atom. The van der Waals surface area contributed by atoms with Crippen molar-refractivity contribution in [3.05, 3.63) is 35.6 Å². The molecule has 1 aromatic rings. The van der Waals surface area contributed by atoms with Crippen molar-refractivity contribution in [2.45, 2.75) is 38.2 Å². The van der Waals surface area contributed by atoms with Gasteiger partial charge in [0.15, 0.2) is 0 Å². The Morgan fingerprint density at radius 1 is 1.26 bits per heavy atom. The van der Waals surface area contributed by atoms with E-state index in [0.29, 0.717) is 5.56 Å². The molecule has 0 saturated heterocycles. The lowest BCUT2D eigenvalue weighted by Crippen LogP contribution is -2.34. The van der Waals surface area contributed by atoms with E-state index in [-0.39, 0.29) is 24.2 Å². The lowest BCUT2D eigenvalue weighted by atomic mass is 9.88. The molecule has 1 unspecified atom stereocenters. The van der Waals surface area contributed by atoms with Crippen LogP contribution in [0.15, 0.2) is 24.3 Å². The summed E-state index contributed by atoms with van der Waals surface area (Å²) in [7, 11) is 0. The summed E-state index contributed by atoms with van der Waals surface area (Å²) in [5.41, 5.74) is 0.616. The maximum absolute atomic E-state index is 12.8. The van der Waals surface area contributed by atoms with Gasteiger partial charge >= 0.3 is 0 Å². The second-order valence-electron chi connectivity index (χ2n) is 5.15. The van der Waals surface area contributed by atoms with Crippen LogP contribution in [0.3, 0.4) is 0 Å². The summed E-state index contributed by atoms with van der Waals surface area (Å²) in [5, 5.41) is 12.7. The fraction of sp³-hybridized carbons (Fsp3) is 0.533. The van der Waals surface area contributed by atoms with Crippen LogP contribution < -0.4 is 5.32 Å². The Labute approximate surface area is 112 Å². The molecule has 0 heterocycles. The second kappa shape index (κ2) is 6.66. The first-order chi connectivity index (χ1) is 9.16. The Hall–Kier alpha value is -1.42. The molecule has 0 aromatic heterocycles. The molecule has 3 nitrogen and oxygen atoms in total. The van der Waals surface area contributed by atoms with E-state index in [2.05, 4.69) is 5.32 Å². The quantitative estimate of drug-likeness (QED) is 0.879. The van der Waals surface area contributed by atoms with Crippen LogP contribution in [0.25, 0.3) is 0 Å². The van der Waals surface area contributed by atoms with E-state index in [9.17, 15) is 14.3 Å². The van der Waals surface area contributed by atoms with Gasteiger partial charge in [-0.2, -0.15) is 0 Å². The number of hydrogen-bond donors (Lipinski definition) is 2. The third-order valence-corrected chi connectivity index (χ3v) is 3.70. The van der Waals surface area contributed by atoms with Gasteiger partial charge in [0.25, 0.3) is 0 Å². The highest BCUT2D eigenvalue weighted by Gasteiger charge is 2.21. The smallest absolute Gasteiger partial charge is 0.223 e. The summed E-state index contributed by atoms with van der Waals surface area (Å²) < 4.78 is 12.8. The Balaban J connectivity index is 1.80. The highest BCUT2D eigenvalue weighted by molar-refractivity contribution is 5.78. The average Bonchev–Trinajstić information content (AvgIpc) is 2.46. The molecule has 2 N–H and O–H groups in total. The van der Waals surface area contributed by atoms with Crippen LogP contribution in [-0.4, -0.2) is 17.6 Å². The molecule has 0 spiro atoms. The number of aliphatic hydroxyl groups excluding tert-OH is 1. The van der Waals surface area contributed by atoms with Crippen LogP contribution >= 0.6 is 0 Å². The molecule has 1 aromatic carbocycles. The van der Waals surface area contributed by atoms with Gasteiger partial charge in [-0.25, -0.2) is 4.39 Å². The van der Waals surface area contributed by atoms with Gasteiger partial charge < -0.3 is 10.4 Å². The maximum atomic E-state index is 12.8. The summed E-state index contributed by atoms with van der Waals surface area (Å²) in [4.78, 5) is 11.9. The molecule has 0 bridgehead atoms. The minimum atomic E-state index is -0.784. The van der Waals surface area contributed by atoms with E-state index in [1.165, 1.54) is 30.7 Å². The largest absolute Gasteiger partial charge is 0.387 e. The lowest BCUT2D eigenvalue weighted by molar-refractivity contribution is -0.126. The summed E-state index contributed by atoms with van der Waals surface area (Å²) in [6.45, 7) is 0.182. The first kappa shape index (κ1) is 14.0. The van der Waals surface area contributed by atoms with Crippen molar-refractivity contribution in [3.8, 4) is 0 Å². The first-order valence-electron chi connectivity index (χ1n) is 6.88. The van der Waals surface area contributed by atoms with Gasteiger partial charge in [-0.1, -0.05) is 31.4 Å². The third kappa shape index (κ3) is 4.03. The maximum Gasteiger partial charge on any atom is 0.223 e. The molecule has 0 radical (unpaired) electrons. The van der Waals surface area contributed by atoms with Crippen molar-refractivity contribution >= 4 is 5.91 Å². The molecule has 1 aliphatic carbocycles. The zero-order valence-electron chi connectivity index (χ0n) is 10.9. The van der Waals surface area contributed by atoms with Gasteiger partial charge in [0.2, 0.25) is 5.91 Å². The number of carbonyl (C=O) groups excluding carboxylic acids is 1. The van der Waals surface area contributed by atoms with Crippen LogP contribution in [0.5, 0.6) is 0 Å². The highest BCUT2D eigenvalue weighted by atomic mass is 19.1. The molecular weight excluding hydrogens is 245 g/mol. The Morgan fingerprint density at radius 3 is 2.53 bits per heavy atom. The lowest BCUT2D eigenvalue weighted by Gasteiger charge is -2.21. The normalized spacial score (nSPS) is 18.0. The molecular formula is C15H20FNO2. The highest BCUT2D eigenvalue weighted by Crippen LogP contribution is 2.23.